The topological polar surface area (TPSA) is 56.7 Å². The molecule has 1 amide bonds. The molecule has 0 aromatic heterocycles. The first kappa shape index (κ1) is 23.1. The van der Waals surface area contributed by atoms with Crippen LogP contribution in [0, 0.1) is 0 Å². The van der Waals surface area contributed by atoms with Crippen LogP contribution in [0.1, 0.15) is 26.3 Å². The molecule has 0 spiro atoms. The van der Waals surface area contributed by atoms with Crippen LogP contribution < -0.4 is 10.6 Å². The standard InChI is InChI=1S/C19H30N4OS.HI/c1-4-20-18(23-12-13-25-19(2,3)15-23)22-14-17(24)21-11-10-16-8-6-5-7-9-16;/h5-9H,4,10-15H2,1-3H3,(H,20,22)(H,21,24);1H. The number of carbonyl (C=O) groups is 1. The third-order valence-corrected chi connectivity index (χ3v) is 5.31. The minimum Gasteiger partial charge on any atom is -0.357 e. The smallest absolute Gasteiger partial charge is 0.241 e. The fraction of sp³-hybridized carbons (Fsp3) is 0.579. The number of hydrogen-bond donors (Lipinski definition) is 2. The third kappa shape index (κ3) is 8.16. The normalized spacial score (nSPS) is 16.6. The van der Waals surface area contributed by atoms with E-state index in [0.717, 1.165) is 37.8 Å². The number of nitrogens with zero attached hydrogens (tertiary/aromatic N) is 2. The first-order valence-corrected chi connectivity index (χ1v) is 9.96. The zero-order valence-corrected chi connectivity index (χ0v) is 19.1. The van der Waals surface area contributed by atoms with Gasteiger partial charge in [-0.15, -0.1) is 24.0 Å². The van der Waals surface area contributed by atoms with E-state index in [-0.39, 0.29) is 41.2 Å². The molecule has 2 rings (SSSR count). The lowest BCUT2D eigenvalue weighted by Crippen LogP contribution is -2.51. The molecule has 0 aliphatic carbocycles. The van der Waals surface area contributed by atoms with Crippen LogP contribution >= 0.6 is 35.7 Å². The van der Waals surface area contributed by atoms with Gasteiger partial charge in [-0.3, -0.25) is 4.79 Å². The maximum Gasteiger partial charge on any atom is 0.241 e. The highest BCUT2D eigenvalue weighted by atomic mass is 127. The maximum atomic E-state index is 12.1. The molecule has 0 bridgehead atoms. The highest BCUT2D eigenvalue weighted by molar-refractivity contribution is 14.0. The van der Waals surface area contributed by atoms with Crippen molar-refractivity contribution in [3.05, 3.63) is 35.9 Å². The third-order valence-electron chi connectivity index (χ3n) is 4.01. The molecular weight excluding hydrogens is 459 g/mol. The van der Waals surface area contributed by atoms with Crippen LogP contribution in [0.3, 0.4) is 0 Å². The van der Waals surface area contributed by atoms with Crippen LogP contribution in [0.5, 0.6) is 0 Å². The Hall–Kier alpha value is -0.960. The fourth-order valence-electron chi connectivity index (χ4n) is 2.82. The van der Waals surface area contributed by atoms with Crippen molar-refractivity contribution in [2.75, 3.05) is 38.5 Å². The molecule has 1 aliphatic heterocycles. The van der Waals surface area contributed by atoms with Gasteiger partial charge in [-0.25, -0.2) is 4.99 Å². The second-order valence-electron chi connectivity index (χ2n) is 6.79. The van der Waals surface area contributed by atoms with Gasteiger partial charge in [0.05, 0.1) is 0 Å². The van der Waals surface area contributed by atoms with E-state index in [4.69, 9.17) is 0 Å². The van der Waals surface area contributed by atoms with E-state index in [2.05, 4.69) is 53.4 Å². The average Bonchev–Trinajstić information content (AvgIpc) is 2.58. The molecule has 0 atom stereocenters. The lowest BCUT2D eigenvalue weighted by Gasteiger charge is -2.39. The highest BCUT2D eigenvalue weighted by Gasteiger charge is 2.28. The van der Waals surface area contributed by atoms with Crippen LogP contribution in [-0.2, 0) is 11.2 Å². The number of amides is 1. The number of thioether (sulfide) groups is 1. The predicted octanol–water partition coefficient (Wildman–Crippen LogP) is 2.76. The predicted molar refractivity (Wildman–Crippen MR) is 123 cm³/mol. The van der Waals surface area contributed by atoms with Crippen molar-refractivity contribution in [3.63, 3.8) is 0 Å². The largest absolute Gasteiger partial charge is 0.357 e. The summed E-state index contributed by atoms with van der Waals surface area (Å²) in [5, 5.41) is 6.27. The summed E-state index contributed by atoms with van der Waals surface area (Å²) in [6.45, 7) is 10.1. The molecule has 1 heterocycles. The second-order valence-corrected chi connectivity index (χ2v) is 8.59. The number of hydrogen-bond acceptors (Lipinski definition) is 3. The first-order valence-electron chi connectivity index (χ1n) is 8.98. The molecule has 1 fully saturated rings. The molecule has 1 aliphatic rings. The Balaban J connectivity index is 0.00000338. The Morgan fingerprint density at radius 2 is 2.00 bits per heavy atom. The number of rotatable bonds is 6. The molecule has 1 aromatic rings. The molecular formula is C19H31IN4OS. The van der Waals surface area contributed by atoms with Gasteiger partial charge in [0.2, 0.25) is 5.91 Å². The van der Waals surface area contributed by atoms with E-state index in [1.807, 2.05) is 30.0 Å². The van der Waals surface area contributed by atoms with E-state index in [1.54, 1.807) is 0 Å². The molecule has 1 saturated heterocycles. The lowest BCUT2D eigenvalue weighted by atomic mass is 10.1. The van der Waals surface area contributed by atoms with Crippen LogP contribution in [0.25, 0.3) is 0 Å². The van der Waals surface area contributed by atoms with Gasteiger partial charge >= 0.3 is 0 Å². The van der Waals surface area contributed by atoms with Crippen LogP contribution in [0.15, 0.2) is 35.3 Å². The van der Waals surface area contributed by atoms with Gasteiger partial charge in [-0.1, -0.05) is 30.3 Å². The van der Waals surface area contributed by atoms with Crippen LogP contribution in [0.4, 0.5) is 0 Å². The van der Waals surface area contributed by atoms with Crippen molar-refractivity contribution >= 4 is 47.6 Å². The molecule has 7 heteroatoms. The van der Waals surface area contributed by atoms with E-state index in [1.165, 1.54) is 5.56 Å². The number of halogens is 1. The number of carbonyl (C=O) groups excluding carboxylic acids is 1. The quantitative estimate of drug-likeness (QED) is 0.366. The molecule has 2 N–H and O–H groups in total. The molecule has 5 nitrogen and oxygen atoms in total. The SMILES string of the molecule is CCNC(=NCC(=O)NCCc1ccccc1)N1CCSC(C)(C)C1.I. The van der Waals surface area contributed by atoms with E-state index in [9.17, 15) is 4.79 Å². The second kappa shape index (κ2) is 11.7. The van der Waals surface area contributed by atoms with Crippen molar-refractivity contribution in [2.45, 2.75) is 31.9 Å². The number of benzene rings is 1. The molecule has 0 unspecified atom stereocenters. The van der Waals surface area contributed by atoms with Crippen molar-refractivity contribution in [2.24, 2.45) is 4.99 Å². The summed E-state index contributed by atoms with van der Waals surface area (Å²) in [5.74, 6) is 1.90. The van der Waals surface area contributed by atoms with Gasteiger partial charge in [-0.2, -0.15) is 11.8 Å². The van der Waals surface area contributed by atoms with Crippen molar-refractivity contribution in [1.82, 2.24) is 15.5 Å². The lowest BCUT2D eigenvalue weighted by molar-refractivity contribution is -0.119. The summed E-state index contributed by atoms with van der Waals surface area (Å²) in [5.41, 5.74) is 1.23. The van der Waals surface area contributed by atoms with Crippen molar-refractivity contribution in [3.8, 4) is 0 Å². The van der Waals surface area contributed by atoms with Gasteiger partial charge in [0.15, 0.2) is 5.96 Å². The zero-order valence-electron chi connectivity index (χ0n) is 16.0. The minimum absolute atomic E-state index is 0. The van der Waals surface area contributed by atoms with Gasteiger partial charge in [0, 0.05) is 36.7 Å². The fourth-order valence-corrected chi connectivity index (χ4v) is 3.93. The summed E-state index contributed by atoms with van der Waals surface area (Å²) in [4.78, 5) is 18.9. The number of guanidine groups is 1. The Kier molecular flexibility index (Phi) is 10.4. The summed E-state index contributed by atoms with van der Waals surface area (Å²) >= 11 is 1.99. The van der Waals surface area contributed by atoms with E-state index >= 15 is 0 Å². The van der Waals surface area contributed by atoms with Crippen LogP contribution in [-0.4, -0.2) is 60.0 Å². The number of nitrogens with one attached hydrogen (secondary N) is 2. The summed E-state index contributed by atoms with van der Waals surface area (Å²) < 4.78 is 0.215. The van der Waals surface area contributed by atoms with Gasteiger partial charge in [-0.05, 0) is 32.8 Å². The first-order chi connectivity index (χ1) is 12.0. The molecule has 146 valence electrons. The van der Waals surface area contributed by atoms with Crippen LogP contribution in [0.2, 0.25) is 0 Å². The molecule has 0 saturated carbocycles. The molecule has 26 heavy (non-hydrogen) atoms. The Bertz CT molecular complexity index is 580. The molecule has 1 aromatic carbocycles. The zero-order chi connectivity index (χ0) is 18.1. The highest BCUT2D eigenvalue weighted by Crippen LogP contribution is 2.29. The summed E-state index contributed by atoms with van der Waals surface area (Å²) in [6.07, 6.45) is 0.841. The van der Waals surface area contributed by atoms with E-state index in [0.29, 0.717) is 6.54 Å². The van der Waals surface area contributed by atoms with Gasteiger partial charge < -0.3 is 15.5 Å². The van der Waals surface area contributed by atoms with Gasteiger partial charge in [0.1, 0.15) is 6.54 Å². The van der Waals surface area contributed by atoms with Gasteiger partial charge in [0.25, 0.3) is 0 Å². The summed E-state index contributed by atoms with van der Waals surface area (Å²) in [7, 11) is 0. The average molecular weight is 490 g/mol. The van der Waals surface area contributed by atoms with Crippen molar-refractivity contribution in [1.29, 1.82) is 0 Å². The Morgan fingerprint density at radius 3 is 2.65 bits per heavy atom. The number of aliphatic imine (C=N–C) groups is 1. The molecule has 0 radical (unpaired) electrons. The van der Waals surface area contributed by atoms with Crippen molar-refractivity contribution < 1.29 is 4.79 Å². The summed E-state index contributed by atoms with van der Waals surface area (Å²) in [6, 6.07) is 10.2. The Labute approximate surface area is 178 Å². The Morgan fingerprint density at radius 1 is 1.27 bits per heavy atom. The minimum atomic E-state index is -0.0306. The van der Waals surface area contributed by atoms with E-state index < -0.39 is 0 Å². The maximum absolute atomic E-state index is 12.1. The monoisotopic (exact) mass is 490 g/mol.